The first-order valence-corrected chi connectivity index (χ1v) is 9.62. The van der Waals surface area contributed by atoms with E-state index in [1.807, 2.05) is 47.4 Å². The van der Waals surface area contributed by atoms with Crippen molar-refractivity contribution in [3.63, 3.8) is 0 Å². The molecule has 0 unspecified atom stereocenters. The molecular weight excluding hydrogens is 346 g/mol. The van der Waals surface area contributed by atoms with Gasteiger partial charge < -0.3 is 9.64 Å². The van der Waals surface area contributed by atoms with Crippen molar-refractivity contribution in [2.24, 2.45) is 0 Å². The van der Waals surface area contributed by atoms with Gasteiger partial charge in [-0.25, -0.2) is 0 Å². The second-order valence-electron chi connectivity index (χ2n) is 7.67. The molecule has 3 heteroatoms. The first-order chi connectivity index (χ1) is 13.5. The first-order valence-electron chi connectivity index (χ1n) is 9.62. The smallest absolute Gasteiger partial charge is 0.255 e. The Balaban J connectivity index is 1.77. The van der Waals surface area contributed by atoms with Crippen LogP contribution in [0.15, 0.2) is 72.8 Å². The van der Waals surface area contributed by atoms with E-state index in [1.54, 1.807) is 7.11 Å². The lowest BCUT2D eigenvalue weighted by molar-refractivity contribution is 0.0557. The number of ether oxygens (including phenoxy) is 1. The fourth-order valence-electron chi connectivity index (χ4n) is 4.40. The summed E-state index contributed by atoms with van der Waals surface area (Å²) >= 11 is 0. The van der Waals surface area contributed by atoms with Crippen molar-refractivity contribution in [3.8, 4) is 5.75 Å². The van der Waals surface area contributed by atoms with E-state index in [0.29, 0.717) is 6.54 Å². The van der Waals surface area contributed by atoms with E-state index in [1.165, 1.54) is 5.56 Å². The number of nitrogens with zero attached hydrogens (tertiary/aromatic N) is 1. The number of benzene rings is 3. The Labute approximate surface area is 166 Å². The highest BCUT2D eigenvalue weighted by Gasteiger charge is 2.46. The minimum atomic E-state index is -0.401. The van der Waals surface area contributed by atoms with Gasteiger partial charge in [0.25, 0.3) is 5.91 Å². The van der Waals surface area contributed by atoms with Crippen LogP contribution in [0.4, 0.5) is 0 Å². The molecule has 0 aliphatic carbocycles. The van der Waals surface area contributed by atoms with Gasteiger partial charge in [0.15, 0.2) is 0 Å². The summed E-state index contributed by atoms with van der Waals surface area (Å²) < 4.78 is 5.29. The van der Waals surface area contributed by atoms with E-state index >= 15 is 0 Å². The maximum atomic E-state index is 13.4. The van der Waals surface area contributed by atoms with Crippen LogP contribution in [0.25, 0.3) is 0 Å². The molecule has 0 spiro atoms. The monoisotopic (exact) mass is 371 g/mol. The molecule has 3 aromatic rings. The van der Waals surface area contributed by atoms with E-state index in [9.17, 15) is 4.79 Å². The molecule has 28 heavy (non-hydrogen) atoms. The van der Waals surface area contributed by atoms with E-state index in [2.05, 4.69) is 44.2 Å². The number of rotatable bonds is 5. The molecule has 0 N–H and O–H groups in total. The second-order valence-corrected chi connectivity index (χ2v) is 7.67. The highest BCUT2D eigenvalue weighted by molar-refractivity contribution is 6.00. The van der Waals surface area contributed by atoms with Crippen LogP contribution in [0.1, 0.15) is 39.5 Å². The first kappa shape index (κ1) is 18.3. The summed E-state index contributed by atoms with van der Waals surface area (Å²) in [5.41, 5.74) is 5.06. The lowest BCUT2D eigenvalue weighted by Crippen LogP contribution is -2.43. The standard InChI is InChI=1S/C25H25NO2/c1-18-8-7-11-22-23(18)25(2,16-19-12-14-21(28-3)15-13-19)26(24(22)27)17-20-9-5-4-6-10-20/h4-15H,16-17H2,1-3H3/t25-/m1/s1. The van der Waals surface area contributed by atoms with Crippen LogP contribution in [-0.4, -0.2) is 17.9 Å². The van der Waals surface area contributed by atoms with Gasteiger partial charge in [0.2, 0.25) is 0 Å². The topological polar surface area (TPSA) is 29.5 Å². The molecule has 0 saturated heterocycles. The van der Waals surface area contributed by atoms with Gasteiger partial charge in [-0.2, -0.15) is 0 Å². The number of hydrogen-bond donors (Lipinski definition) is 0. The minimum Gasteiger partial charge on any atom is -0.497 e. The summed E-state index contributed by atoms with van der Waals surface area (Å²) in [5.74, 6) is 0.952. The molecule has 1 atom stereocenters. The summed E-state index contributed by atoms with van der Waals surface area (Å²) in [6, 6.07) is 24.4. The number of fused-ring (bicyclic) bond motifs is 1. The molecule has 0 aromatic heterocycles. The number of hydrogen-bond acceptors (Lipinski definition) is 2. The number of methoxy groups -OCH3 is 1. The molecule has 3 aromatic carbocycles. The van der Waals surface area contributed by atoms with Gasteiger partial charge in [-0.05, 0) is 60.7 Å². The molecule has 0 radical (unpaired) electrons. The van der Waals surface area contributed by atoms with E-state index < -0.39 is 5.54 Å². The Kier molecular flexibility index (Phi) is 4.68. The van der Waals surface area contributed by atoms with Crippen molar-refractivity contribution in [2.75, 3.05) is 7.11 Å². The molecule has 4 rings (SSSR count). The summed E-state index contributed by atoms with van der Waals surface area (Å²) in [4.78, 5) is 15.4. The van der Waals surface area contributed by atoms with Crippen molar-refractivity contribution in [1.29, 1.82) is 0 Å². The maximum Gasteiger partial charge on any atom is 0.255 e. The van der Waals surface area contributed by atoms with Gasteiger partial charge in [-0.15, -0.1) is 0 Å². The van der Waals surface area contributed by atoms with Crippen LogP contribution in [0.3, 0.4) is 0 Å². The Bertz CT molecular complexity index is 995. The highest BCUT2D eigenvalue weighted by Crippen LogP contribution is 2.44. The summed E-state index contributed by atoms with van der Waals surface area (Å²) in [6.07, 6.45) is 0.757. The molecule has 3 nitrogen and oxygen atoms in total. The molecule has 142 valence electrons. The Hall–Kier alpha value is -3.07. The predicted octanol–water partition coefficient (Wildman–Crippen LogP) is 5.12. The summed E-state index contributed by atoms with van der Waals surface area (Å²) in [7, 11) is 1.67. The Morgan fingerprint density at radius 1 is 0.893 bits per heavy atom. The lowest BCUT2D eigenvalue weighted by Gasteiger charge is -2.37. The quantitative estimate of drug-likeness (QED) is 0.623. The van der Waals surface area contributed by atoms with Crippen LogP contribution < -0.4 is 4.74 Å². The normalized spacial score (nSPS) is 18.2. The molecule has 1 aliphatic rings. The van der Waals surface area contributed by atoms with Crippen LogP contribution >= 0.6 is 0 Å². The van der Waals surface area contributed by atoms with Crippen LogP contribution in [0.2, 0.25) is 0 Å². The van der Waals surface area contributed by atoms with Crippen molar-refractivity contribution < 1.29 is 9.53 Å². The molecule has 0 bridgehead atoms. The summed E-state index contributed by atoms with van der Waals surface area (Å²) in [5, 5.41) is 0. The highest BCUT2D eigenvalue weighted by atomic mass is 16.5. The van der Waals surface area contributed by atoms with Gasteiger partial charge >= 0.3 is 0 Å². The van der Waals surface area contributed by atoms with Gasteiger partial charge in [-0.1, -0.05) is 54.6 Å². The maximum absolute atomic E-state index is 13.4. The molecular formula is C25H25NO2. The summed E-state index contributed by atoms with van der Waals surface area (Å²) in [6.45, 7) is 4.89. The molecule has 0 saturated carbocycles. The third-order valence-corrected chi connectivity index (χ3v) is 5.77. The number of carbonyl (C=O) groups is 1. The van der Waals surface area contributed by atoms with E-state index in [0.717, 1.165) is 34.4 Å². The Morgan fingerprint density at radius 3 is 2.29 bits per heavy atom. The van der Waals surface area contributed by atoms with Crippen LogP contribution in [-0.2, 0) is 18.5 Å². The lowest BCUT2D eigenvalue weighted by atomic mass is 9.82. The zero-order valence-corrected chi connectivity index (χ0v) is 16.6. The average Bonchev–Trinajstić information content (AvgIpc) is 2.92. The van der Waals surface area contributed by atoms with Gasteiger partial charge in [0.1, 0.15) is 5.75 Å². The predicted molar refractivity (Wildman–Crippen MR) is 112 cm³/mol. The van der Waals surface area contributed by atoms with Crippen LogP contribution in [0.5, 0.6) is 5.75 Å². The molecule has 1 amide bonds. The molecule has 0 fully saturated rings. The third kappa shape index (κ3) is 3.07. The largest absolute Gasteiger partial charge is 0.497 e. The van der Waals surface area contributed by atoms with Crippen molar-refractivity contribution in [1.82, 2.24) is 4.90 Å². The SMILES string of the molecule is COc1ccc(C[C@]2(C)c3c(C)cccc3C(=O)N2Cc2ccccc2)cc1. The second kappa shape index (κ2) is 7.16. The van der Waals surface area contributed by atoms with Gasteiger partial charge in [0.05, 0.1) is 12.6 Å². The minimum absolute atomic E-state index is 0.110. The number of carbonyl (C=O) groups excluding carboxylic acids is 1. The van der Waals surface area contributed by atoms with Crippen LogP contribution in [0, 0.1) is 6.92 Å². The third-order valence-electron chi connectivity index (χ3n) is 5.77. The fraction of sp³-hybridized carbons (Fsp3) is 0.240. The van der Waals surface area contributed by atoms with E-state index in [-0.39, 0.29) is 5.91 Å². The van der Waals surface area contributed by atoms with Crippen molar-refractivity contribution in [3.05, 3.63) is 101 Å². The Morgan fingerprint density at radius 2 is 1.61 bits per heavy atom. The molecule has 1 aliphatic heterocycles. The van der Waals surface area contributed by atoms with E-state index in [4.69, 9.17) is 4.74 Å². The van der Waals surface area contributed by atoms with Crippen molar-refractivity contribution in [2.45, 2.75) is 32.4 Å². The zero-order valence-electron chi connectivity index (χ0n) is 16.6. The van der Waals surface area contributed by atoms with Gasteiger partial charge in [0, 0.05) is 12.1 Å². The fourth-order valence-corrected chi connectivity index (χ4v) is 4.40. The zero-order chi connectivity index (χ0) is 19.7. The van der Waals surface area contributed by atoms with Gasteiger partial charge in [-0.3, -0.25) is 4.79 Å². The average molecular weight is 371 g/mol. The van der Waals surface area contributed by atoms with Crippen molar-refractivity contribution >= 4 is 5.91 Å². The number of amides is 1. The number of aryl methyl sites for hydroxylation is 1. The molecule has 1 heterocycles.